The summed E-state index contributed by atoms with van der Waals surface area (Å²) in [5.41, 5.74) is 2.99. The summed E-state index contributed by atoms with van der Waals surface area (Å²) in [6.45, 7) is 17.4. The average Bonchev–Trinajstić information content (AvgIpc) is 2.88. The van der Waals surface area contributed by atoms with Crippen molar-refractivity contribution >= 4 is 5.78 Å². The second kappa shape index (κ2) is 7.44. The summed E-state index contributed by atoms with van der Waals surface area (Å²) < 4.78 is 6.03. The number of rotatable bonds is 1. The molecule has 0 aromatic rings. The van der Waals surface area contributed by atoms with E-state index in [0.717, 1.165) is 31.1 Å². The molecule has 186 valence electrons. The van der Waals surface area contributed by atoms with Crippen LogP contribution in [0.4, 0.5) is 0 Å². The molecule has 5 aliphatic carbocycles. The quantitative estimate of drug-likeness (QED) is 0.375. The molecule has 0 radical (unpaired) electrons. The molecule has 0 aliphatic heterocycles. The number of hydrogen-bond donors (Lipinski definition) is 0. The SMILES string of the molecule is CO[C@@H]1CC[C@@]2(C)[C@H](CC[C@@]3(C)CC4=CC[C@@H]5C(C)(C)C(=O)CC[C@]5(C)[C@H]4CC[C@@H]32)C1(C)C. The van der Waals surface area contributed by atoms with Crippen molar-refractivity contribution in [1.29, 1.82) is 0 Å². The maximum Gasteiger partial charge on any atom is 0.138 e. The van der Waals surface area contributed by atoms with Crippen molar-refractivity contribution in [2.24, 2.45) is 50.7 Å². The molecule has 8 atom stereocenters. The predicted molar refractivity (Wildman–Crippen MR) is 136 cm³/mol. The highest BCUT2D eigenvalue weighted by Crippen LogP contribution is 2.70. The molecule has 5 rings (SSSR count). The van der Waals surface area contributed by atoms with Gasteiger partial charge in [-0.3, -0.25) is 4.79 Å². The number of hydrogen-bond acceptors (Lipinski definition) is 2. The van der Waals surface area contributed by atoms with Gasteiger partial charge in [-0.1, -0.05) is 60.1 Å². The van der Waals surface area contributed by atoms with E-state index in [2.05, 4.69) is 54.5 Å². The molecule has 0 aromatic heterocycles. The fraction of sp³-hybridized carbons (Fsp3) is 0.903. The Morgan fingerprint density at radius 3 is 2.24 bits per heavy atom. The fourth-order valence-corrected chi connectivity index (χ4v) is 11.2. The third-order valence-electron chi connectivity index (χ3n) is 12.9. The van der Waals surface area contributed by atoms with Crippen molar-refractivity contribution in [3.63, 3.8) is 0 Å². The summed E-state index contributed by atoms with van der Waals surface area (Å²) in [7, 11) is 1.93. The smallest absolute Gasteiger partial charge is 0.138 e. The van der Waals surface area contributed by atoms with Crippen LogP contribution in [-0.4, -0.2) is 19.0 Å². The monoisotopic (exact) mass is 454 g/mol. The first kappa shape index (κ1) is 24.1. The molecule has 5 aliphatic rings. The number of carbonyl (C=O) groups is 1. The van der Waals surface area contributed by atoms with Crippen molar-refractivity contribution < 1.29 is 9.53 Å². The zero-order valence-corrected chi connectivity index (χ0v) is 22.9. The molecule has 33 heavy (non-hydrogen) atoms. The topological polar surface area (TPSA) is 26.3 Å². The van der Waals surface area contributed by atoms with Crippen LogP contribution < -0.4 is 0 Å². The highest BCUT2D eigenvalue weighted by molar-refractivity contribution is 5.85. The zero-order valence-electron chi connectivity index (χ0n) is 22.9. The van der Waals surface area contributed by atoms with E-state index in [1.165, 1.54) is 44.9 Å². The first-order valence-corrected chi connectivity index (χ1v) is 14.1. The first-order valence-electron chi connectivity index (χ1n) is 14.1. The Morgan fingerprint density at radius 2 is 1.55 bits per heavy atom. The van der Waals surface area contributed by atoms with Crippen LogP contribution in [0.15, 0.2) is 11.6 Å². The average molecular weight is 455 g/mol. The lowest BCUT2D eigenvalue weighted by atomic mass is 9.42. The fourth-order valence-electron chi connectivity index (χ4n) is 11.2. The molecule has 4 fully saturated rings. The maximum atomic E-state index is 12.9. The van der Waals surface area contributed by atoms with E-state index in [1.54, 1.807) is 5.57 Å². The minimum Gasteiger partial charge on any atom is -0.381 e. The van der Waals surface area contributed by atoms with Gasteiger partial charge in [0.2, 0.25) is 0 Å². The summed E-state index contributed by atoms with van der Waals surface area (Å²) in [6.07, 6.45) is 15.3. The van der Waals surface area contributed by atoms with Gasteiger partial charge in [-0.25, -0.2) is 0 Å². The van der Waals surface area contributed by atoms with Gasteiger partial charge in [-0.2, -0.15) is 0 Å². The second-order valence-electron chi connectivity index (χ2n) is 14.9. The summed E-state index contributed by atoms with van der Waals surface area (Å²) >= 11 is 0. The van der Waals surface area contributed by atoms with Crippen LogP contribution in [0.25, 0.3) is 0 Å². The number of ketones is 1. The van der Waals surface area contributed by atoms with Crippen LogP contribution in [0, 0.1) is 50.7 Å². The molecule has 0 bridgehead atoms. The highest BCUT2D eigenvalue weighted by Gasteiger charge is 2.63. The Labute approximate surface area is 203 Å². The molecular formula is C31H50O2. The molecule has 0 amide bonds. The third kappa shape index (κ3) is 3.17. The number of ether oxygens (including phenoxy) is 1. The van der Waals surface area contributed by atoms with Crippen molar-refractivity contribution in [3.8, 4) is 0 Å². The summed E-state index contributed by atoms with van der Waals surface area (Å²) in [6, 6.07) is 0. The number of allylic oxidation sites excluding steroid dienone is 2. The maximum absolute atomic E-state index is 12.9. The lowest BCUT2D eigenvalue weighted by Gasteiger charge is -2.64. The van der Waals surface area contributed by atoms with E-state index < -0.39 is 0 Å². The van der Waals surface area contributed by atoms with Gasteiger partial charge in [0, 0.05) is 18.9 Å². The molecule has 0 aromatic carbocycles. The van der Waals surface area contributed by atoms with E-state index >= 15 is 0 Å². The van der Waals surface area contributed by atoms with Gasteiger partial charge < -0.3 is 4.74 Å². The molecule has 0 heterocycles. The number of methoxy groups -OCH3 is 1. The van der Waals surface area contributed by atoms with E-state index in [4.69, 9.17) is 4.74 Å². The van der Waals surface area contributed by atoms with Gasteiger partial charge >= 0.3 is 0 Å². The molecule has 0 N–H and O–H groups in total. The molecular weight excluding hydrogens is 404 g/mol. The Kier molecular flexibility index (Phi) is 5.43. The van der Waals surface area contributed by atoms with Crippen molar-refractivity contribution in [3.05, 3.63) is 11.6 Å². The van der Waals surface area contributed by atoms with Crippen LogP contribution in [-0.2, 0) is 9.53 Å². The number of fused-ring (bicyclic) bond motifs is 6. The standard InChI is InChI=1S/C31H50O2/c1-27(2)22-11-9-20-19-29(5)16-13-23-28(3,4)26(33-8)15-18-31(23,7)24(29)12-10-21(20)30(22,6)17-14-25(27)32/h9,21-24,26H,10-19H2,1-8H3/t21-,22+,23+,24-,26+,29-,30+,31-/m0/s1. The van der Waals surface area contributed by atoms with Gasteiger partial charge in [0.25, 0.3) is 0 Å². The summed E-state index contributed by atoms with van der Waals surface area (Å²) in [4.78, 5) is 12.9. The van der Waals surface area contributed by atoms with Gasteiger partial charge in [-0.05, 0) is 103 Å². The second-order valence-corrected chi connectivity index (χ2v) is 14.9. The Bertz CT molecular complexity index is 851. The minimum atomic E-state index is -0.169. The van der Waals surface area contributed by atoms with Gasteiger partial charge in [0.05, 0.1) is 6.10 Å². The van der Waals surface area contributed by atoms with Crippen molar-refractivity contribution in [2.75, 3.05) is 7.11 Å². The van der Waals surface area contributed by atoms with Crippen LogP contribution in [0.2, 0.25) is 0 Å². The Hall–Kier alpha value is -0.630. The van der Waals surface area contributed by atoms with Crippen LogP contribution in [0.1, 0.15) is 113 Å². The molecule has 0 unspecified atom stereocenters. The Morgan fingerprint density at radius 1 is 0.818 bits per heavy atom. The van der Waals surface area contributed by atoms with Gasteiger partial charge in [0.1, 0.15) is 5.78 Å². The lowest BCUT2D eigenvalue weighted by molar-refractivity contribution is -0.177. The normalized spacial score (nSPS) is 50.7. The van der Waals surface area contributed by atoms with E-state index in [0.29, 0.717) is 40.0 Å². The summed E-state index contributed by atoms with van der Waals surface area (Å²) in [5, 5.41) is 0. The zero-order chi connectivity index (χ0) is 24.0. The first-order chi connectivity index (χ1) is 15.3. The van der Waals surface area contributed by atoms with Crippen LogP contribution in [0.3, 0.4) is 0 Å². The Balaban J connectivity index is 1.50. The molecule has 4 saturated carbocycles. The molecule has 2 nitrogen and oxygen atoms in total. The number of carbonyl (C=O) groups excluding carboxylic acids is 1. The minimum absolute atomic E-state index is 0.169. The largest absolute Gasteiger partial charge is 0.381 e. The van der Waals surface area contributed by atoms with Crippen LogP contribution in [0.5, 0.6) is 0 Å². The third-order valence-corrected chi connectivity index (χ3v) is 12.9. The van der Waals surface area contributed by atoms with Gasteiger partial charge in [0.15, 0.2) is 0 Å². The van der Waals surface area contributed by atoms with E-state index in [-0.39, 0.29) is 10.8 Å². The van der Waals surface area contributed by atoms with Crippen LogP contribution >= 0.6 is 0 Å². The lowest BCUT2D eigenvalue weighted by Crippen LogP contribution is -2.58. The van der Waals surface area contributed by atoms with E-state index in [9.17, 15) is 4.79 Å². The van der Waals surface area contributed by atoms with Gasteiger partial charge in [-0.15, -0.1) is 0 Å². The molecule has 0 spiro atoms. The van der Waals surface area contributed by atoms with E-state index in [1.807, 2.05) is 7.11 Å². The number of Topliss-reactive ketones (excluding diaryl/α,β-unsaturated/α-hetero) is 1. The predicted octanol–water partition coefficient (Wildman–Crippen LogP) is 8.00. The van der Waals surface area contributed by atoms with Crippen molar-refractivity contribution in [2.45, 2.75) is 119 Å². The highest BCUT2D eigenvalue weighted by atomic mass is 16.5. The molecule has 0 saturated heterocycles. The molecule has 2 heteroatoms. The van der Waals surface area contributed by atoms with Crippen molar-refractivity contribution in [1.82, 2.24) is 0 Å². The summed E-state index contributed by atoms with van der Waals surface area (Å²) in [5.74, 6) is 3.24.